The molecule has 0 spiro atoms. The normalized spacial score (nSPS) is 11.4. The summed E-state index contributed by atoms with van der Waals surface area (Å²) in [5, 5.41) is 24.6. The first kappa shape index (κ1) is 15.8. The summed E-state index contributed by atoms with van der Waals surface area (Å²) in [5.74, 6) is -1.15. The third-order valence-corrected chi connectivity index (χ3v) is 1.68. The van der Waals surface area contributed by atoms with Gasteiger partial charge in [-0.15, -0.1) is 0 Å². The fourth-order valence-corrected chi connectivity index (χ4v) is 0.713. The lowest BCUT2D eigenvalue weighted by Gasteiger charge is -1.95. The molecule has 86 valence electrons. The van der Waals surface area contributed by atoms with E-state index < -0.39 is 12.1 Å². The maximum Gasteiger partial charge on any atom is 0.332 e. The van der Waals surface area contributed by atoms with Gasteiger partial charge in [-0.1, -0.05) is 33.1 Å². The molecule has 0 saturated heterocycles. The summed E-state index contributed by atoms with van der Waals surface area (Å²) in [4.78, 5) is 9.68. The van der Waals surface area contributed by atoms with Gasteiger partial charge in [0.1, 0.15) is 0 Å². The number of carboxylic acid groups (broad SMARTS) is 1. The van der Waals surface area contributed by atoms with E-state index in [0.717, 1.165) is 6.42 Å². The van der Waals surface area contributed by atoms with E-state index in [-0.39, 0.29) is 6.42 Å². The van der Waals surface area contributed by atoms with Crippen molar-refractivity contribution in [3.05, 3.63) is 0 Å². The van der Waals surface area contributed by atoms with Crippen LogP contribution in [0.15, 0.2) is 0 Å². The van der Waals surface area contributed by atoms with Gasteiger partial charge >= 0.3 is 5.97 Å². The fraction of sp³-hybridized carbons (Fsp3) is 0.900. The van der Waals surface area contributed by atoms with Crippen molar-refractivity contribution in [1.29, 1.82) is 0 Å². The van der Waals surface area contributed by atoms with Gasteiger partial charge in [0.05, 0.1) is 0 Å². The molecule has 3 N–H and O–H groups in total. The van der Waals surface area contributed by atoms with Gasteiger partial charge in [-0.3, -0.25) is 0 Å². The molecule has 0 aliphatic carbocycles. The number of aliphatic hydroxyl groups is 2. The average Bonchev–Trinajstić information content (AvgIpc) is 2.18. The number of carbonyl (C=O) groups is 1. The molecule has 0 rings (SSSR count). The number of unbranched alkanes of at least 4 members (excludes halogenated alkanes) is 3. The van der Waals surface area contributed by atoms with Gasteiger partial charge in [-0.25, -0.2) is 4.79 Å². The summed E-state index contributed by atoms with van der Waals surface area (Å²) in [6.45, 7) is 4.14. The Morgan fingerprint density at radius 2 is 1.79 bits per heavy atom. The Hall–Kier alpha value is -0.610. The zero-order valence-corrected chi connectivity index (χ0v) is 9.07. The molecule has 0 bridgehead atoms. The first-order valence-corrected chi connectivity index (χ1v) is 5.11. The Balaban J connectivity index is 0. The zero-order chi connectivity index (χ0) is 11.4. The van der Waals surface area contributed by atoms with Crippen molar-refractivity contribution in [1.82, 2.24) is 0 Å². The van der Waals surface area contributed by atoms with Crippen LogP contribution in [-0.4, -0.2) is 34.0 Å². The Morgan fingerprint density at radius 1 is 1.21 bits per heavy atom. The van der Waals surface area contributed by atoms with E-state index in [4.69, 9.17) is 15.3 Å². The van der Waals surface area contributed by atoms with Crippen molar-refractivity contribution in [3.63, 3.8) is 0 Å². The molecule has 1 atom stereocenters. The molecule has 0 aromatic carbocycles. The van der Waals surface area contributed by atoms with E-state index in [1.165, 1.54) is 19.3 Å². The summed E-state index contributed by atoms with van der Waals surface area (Å²) in [5.41, 5.74) is 0. The highest BCUT2D eigenvalue weighted by Gasteiger charge is 2.07. The third-order valence-electron chi connectivity index (χ3n) is 1.68. The van der Waals surface area contributed by atoms with Crippen LogP contribution in [-0.2, 0) is 4.79 Å². The molecule has 0 aliphatic rings. The van der Waals surface area contributed by atoms with E-state index in [1.54, 1.807) is 6.92 Å². The maximum atomic E-state index is 9.68. The zero-order valence-electron chi connectivity index (χ0n) is 9.07. The second-order valence-electron chi connectivity index (χ2n) is 3.05. The minimum absolute atomic E-state index is 0.273. The summed E-state index contributed by atoms with van der Waals surface area (Å²) < 4.78 is 0. The standard InChI is InChI=1S/C6H14O.C4H8O3/c1-2-3-4-5-6-7;1-2-3(5)4(6)7/h7H,2-6H2,1H3;3,5H,2H2,1H3,(H,6,7). The lowest BCUT2D eigenvalue weighted by Crippen LogP contribution is -2.17. The molecule has 0 heterocycles. The molecule has 4 nitrogen and oxygen atoms in total. The minimum Gasteiger partial charge on any atom is -0.479 e. The van der Waals surface area contributed by atoms with Gasteiger partial charge in [0.2, 0.25) is 0 Å². The number of hydrogen-bond donors (Lipinski definition) is 3. The van der Waals surface area contributed by atoms with Crippen molar-refractivity contribution in [2.45, 2.75) is 52.1 Å². The van der Waals surface area contributed by atoms with E-state index >= 15 is 0 Å². The molecule has 4 heteroatoms. The van der Waals surface area contributed by atoms with Crippen molar-refractivity contribution in [2.75, 3.05) is 6.61 Å². The van der Waals surface area contributed by atoms with Gasteiger partial charge in [0, 0.05) is 6.61 Å². The van der Waals surface area contributed by atoms with E-state index in [2.05, 4.69) is 6.92 Å². The number of aliphatic carboxylic acids is 1. The molecular formula is C10H22O4. The first-order valence-electron chi connectivity index (χ1n) is 5.11. The van der Waals surface area contributed by atoms with Crippen molar-refractivity contribution >= 4 is 5.97 Å². The highest BCUT2D eigenvalue weighted by Crippen LogP contribution is 1.96. The Labute approximate surface area is 85.6 Å². The van der Waals surface area contributed by atoms with Crippen LogP contribution in [0.2, 0.25) is 0 Å². The molecule has 0 fully saturated rings. The molecular weight excluding hydrogens is 184 g/mol. The maximum absolute atomic E-state index is 9.68. The summed E-state index contributed by atoms with van der Waals surface area (Å²) >= 11 is 0. The molecule has 0 radical (unpaired) electrons. The topological polar surface area (TPSA) is 77.8 Å². The molecule has 0 aliphatic heterocycles. The Kier molecular flexibility index (Phi) is 14.0. The van der Waals surface area contributed by atoms with Crippen LogP contribution in [0, 0.1) is 0 Å². The van der Waals surface area contributed by atoms with Crippen molar-refractivity contribution in [2.24, 2.45) is 0 Å². The summed E-state index contributed by atoms with van der Waals surface area (Å²) in [6, 6.07) is 0. The number of hydrogen-bond acceptors (Lipinski definition) is 3. The van der Waals surface area contributed by atoms with E-state index in [0.29, 0.717) is 6.61 Å². The highest BCUT2D eigenvalue weighted by molar-refractivity contribution is 5.71. The molecule has 1 unspecified atom stereocenters. The van der Waals surface area contributed by atoms with Crippen LogP contribution in [0.25, 0.3) is 0 Å². The number of rotatable bonds is 6. The number of carboxylic acids is 1. The lowest BCUT2D eigenvalue weighted by molar-refractivity contribution is -0.146. The predicted octanol–water partition coefficient (Wildman–Crippen LogP) is 1.40. The van der Waals surface area contributed by atoms with Gasteiger partial charge in [-0.05, 0) is 12.8 Å². The molecule has 0 aromatic heterocycles. The third kappa shape index (κ3) is 13.9. The Morgan fingerprint density at radius 3 is 2.00 bits per heavy atom. The largest absolute Gasteiger partial charge is 0.479 e. The lowest BCUT2D eigenvalue weighted by atomic mass is 10.2. The molecule has 0 amide bonds. The van der Waals surface area contributed by atoms with Crippen LogP contribution in [0.1, 0.15) is 46.0 Å². The van der Waals surface area contributed by atoms with Gasteiger partial charge in [-0.2, -0.15) is 0 Å². The molecule has 14 heavy (non-hydrogen) atoms. The average molecular weight is 206 g/mol. The summed E-state index contributed by atoms with van der Waals surface area (Å²) in [7, 11) is 0. The van der Waals surface area contributed by atoms with Crippen LogP contribution in [0.4, 0.5) is 0 Å². The van der Waals surface area contributed by atoms with Crippen LogP contribution in [0.5, 0.6) is 0 Å². The van der Waals surface area contributed by atoms with E-state index in [1.807, 2.05) is 0 Å². The second kappa shape index (κ2) is 12.4. The monoisotopic (exact) mass is 206 g/mol. The predicted molar refractivity (Wildman–Crippen MR) is 55.2 cm³/mol. The highest BCUT2D eigenvalue weighted by atomic mass is 16.4. The SMILES string of the molecule is CCC(O)C(=O)O.CCCCCCO. The van der Waals surface area contributed by atoms with Crippen molar-refractivity contribution in [3.8, 4) is 0 Å². The first-order chi connectivity index (χ1) is 6.59. The van der Waals surface area contributed by atoms with Gasteiger partial charge in [0.15, 0.2) is 6.10 Å². The minimum atomic E-state index is -1.18. The fourth-order valence-electron chi connectivity index (χ4n) is 0.713. The second-order valence-corrected chi connectivity index (χ2v) is 3.05. The Bertz CT molecular complexity index is 121. The van der Waals surface area contributed by atoms with Crippen LogP contribution < -0.4 is 0 Å². The van der Waals surface area contributed by atoms with Gasteiger partial charge < -0.3 is 15.3 Å². The van der Waals surface area contributed by atoms with Crippen molar-refractivity contribution < 1.29 is 20.1 Å². The van der Waals surface area contributed by atoms with Gasteiger partial charge in [0.25, 0.3) is 0 Å². The van der Waals surface area contributed by atoms with Crippen LogP contribution >= 0.6 is 0 Å². The number of aliphatic hydroxyl groups excluding tert-OH is 2. The van der Waals surface area contributed by atoms with E-state index in [9.17, 15) is 4.79 Å². The quantitative estimate of drug-likeness (QED) is 0.574. The smallest absolute Gasteiger partial charge is 0.332 e. The molecule has 0 saturated carbocycles. The summed E-state index contributed by atoms with van der Waals surface area (Å²) in [6.07, 6.45) is 3.77. The molecule has 0 aromatic rings. The van der Waals surface area contributed by atoms with Crippen LogP contribution in [0.3, 0.4) is 0 Å².